The van der Waals surface area contributed by atoms with Crippen LogP contribution in [0.15, 0.2) is 18.3 Å². The molecule has 2 fully saturated rings. The predicted octanol–water partition coefficient (Wildman–Crippen LogP) is 1.99. The minimum absolute atomic E-state index is 0.338. The molecule has 8 nitrogen and oxygen atoms in total. The third-order valence-electron chi connectivity index (χ3n) is 5.40. The van der Waals surface area contributed by atoms with Gasteiger partial charge in [0.05, 0.1) is 11.9 Å². The molecule has 4 rings (SSSR count). The normalized spacial score (nSPS) is 25.2. The van der Waals surface area contributed by atoms with Gasteiger partial charge in [0.2, 0.25) is 0 Å². The van der Waals surface area contributed by atoms with Gasteiger partial charge < -0.3 is 15.3 Å². The van der Waals surface area contributed by atoms with Crippen LogP contribution in [0, 0.1) is 18.8 Å². The quantitative estimate of drug-likeness (QED) is 0.885. The molecule has 3 heterocycles. The van der Waals surface area contributed by atoms with Crippen LogP contribution < -0.4 is 5.32 Å². The van der Waals surface area contributed by atoms with Gasteiger partial charge in [-0.05, 0) is 49.3 Å². The number of aromatic nitrogens is 4. The number of aryl methyl sites for hydroxylation is 2. The van der Waals surface area contributed by atoms with Gasteiger partial charge in [0.15, 0.2) is 0 Å². The van der Waals surface area contributed by atoms with Crippen LogP contribution in [0.25, 0.3) is 11.4 Å². The second-order valence-corrected chi connectivity index (χ2v) is 7.12. The monoisotopic (exact) mass is 342 g/mol. The molecule has 0 aromatic carbocycles. The highest BCUT2D eigenvalue weighted by Gasteiger charge is 2.42. The van der Waals surface area contributed by atoms with E-state index in [1.165, 1.54) is 4.90 Å². The Labute approximate surface area is 145 Å². The Hall–Kier alpha value is -2.64. The lowest BCUT2D eigenvalue weighted by molar-refractivity contribution is 0.152. The molecule has 1 unspecified atom stereocenters. The summed E-state index contributed by atoms with van der Waals surface area (Å²) in [4.78, 5) is 12.6. The molecule has 0 spiro atoms. The summed E-state index contributed by atoms with van der Waals surface area (Å²) in [5, 5.41) is 25.4. The molecule has 8 heteroatoms. The van der Waals surface area contributed by atoms with Crippen molar-refractivity contribution < 1.29 is 9.90 Å². The van der Waals surface area contributed by atoms with E-state index < -0.39 is 6.09 Å². The predicted molar refractivity (Wildman–Crippen MR) is 92.2 cm³/mol. The lowest BCUT2D eigenvalue weighted by Crippen LogP contribution is -2.29. The van der Waals surface area contributed by atoms with Crippen LogP contribution in [-0.2, 0) is 7.05 Å². The molecule has 1 aliphatic carbocycles. The molecule has 1 aliphatic heterocycles. The summed E-state index contributed by atoms with van der Waals surface area (Å²) in [7, 11) is 1.90. The van der Waals surface area contributed by atoms with E-state index in [2.05, 4.69) is 20.6 Å². The number of carboxylic acid groups (broad SMARTS) is 1. The summed E-state index contributed by atoms with van der Waals surface area (Å²) in [5.74, 6) is 1.68. The minimum Gasteiger partial charge on any atom is -0.465 e. The fourth-order valence-corrected chi connectivity index (χ4v) is 4.23. The van der Waals surface area contributed by atoms with Gasteiger partial charge in [-0.2, -0.15) is 5.10 Å². The third kappa shape index (κ3) is 2.92. The van der Waals surface area contributed by atoms with E-state index in [0.717, 1.165) is 35.6 Å². The van der Waals surface area contributed by atoms with Crippen LogP contribution in [0.1, 0.15) is 18.4 Å². The largest absolute Gasteiger partial charge is 0.465 e. The maximum absolute atomic E-state index is 11.1. The van der Waals surface area contributed by atoms with Crippen molar-refractivity contribution in [3.05, 3.63) is 23.9 Å². The van der Waals surface area contributed by atoms with Crippen molar-refractivity contribution in [1.82, 2.24) is 24.9 Å². The van der Waals surface area contributed by atoms with E-state index in [4.69, 9.17) is 5.11 Å². The van der Waals surface area contributed by atoms with Gasteiger partial charge in [-0.25, -0.2) is 4.79 Å². The Morgan fingerprint density at radius 3 is 2.48 bits per heavy atom. The lowest BCUT2D eigenvalue weighted by atomic mass is 10.0. The van der Waals surface area contributed by atoms with Gasteiger partial charge >= 0.3 is 6.09 Å². The first-order valence-electron chi connectivity index (χ1n) is 8.58. The number of fused-ring (bicyclic) bond motifs is 1. The van der Waals surface area contributed by atoms with Crippen molar-refractivity contribution >= 4 is 11.9 Å². The zero-order valence-electron chi connectivity index (χ0n) is 14.4. The molecule has 2 N–H and O–H groups in total. The van der Waals surface area contributed by atoms with Crippen LogP contribution >= 0.6 is 0 Å². The number of hydrogen-bond acceptors (Lipinski definition) is 5. The van der Waals surface area contributed by atoms with Crippen LogP contribution in [0.5, 0.6) is 0 Å². The second kappa shape index (κ2) is 6.02. The lowest BCUT2D eigenvalue weighted by Gasteiger charge is -2.17. The van der Waals surface area contributed by atoms with E-state index in [1.807, 2.05) is 32.3 Å². The molecular formula is C17H22N6O2. The van der Waals surface area contributed by atoms with Crippen LogP contribution in [0.2, 0.25) is 0 Å². The molecule has 2 aromatic rings. The average molecular weight is 342 g/mol. The smallest absolute Gasteiger partial charge is 0.407 e. The Morgan fingerprint density at radius 2 is 1.96 bits per heavy atom. The van der Waals surface area contributed by atoms with E-state index in [9.17, 15) is 4.79 Å². The first-order valence-corrected chi connectivity index (χ1v) is 8.58. The van der Waals surface area contributed by atoms with Crippen LogP contribution in [0.3, 0.4) is 0 Å². The molecule has 1 amide bonds. The van der Waals surface area contributed by atoms with Crippen LogP contribution in [0.4, 0.5) is 10.6 Å². The van der Waals surface area contributed by atoms with Gasteiger partial charge in [-0.15, -0.1) is 10.2 Å². The van der Waals surface area contributed by atoms with E-state index in [1.54, 1.807) is 4.68 Å². The van der Waals surface area contributed by atoms with Crippen molar-refractivity contribution in [2.75, 3.05) is 18.4 Å². The van der Waals surface area contributed by atoms with Crippen molar-refractivity contribution in [3.8, 4) is 11.4 Å². The summed E-state index contributed by atoms with van der Waals surface area (Å²) in [6.07, 6.45) is 2.99. The fraction of sp³-hybridized carbons (Fsp3) is 0.529. The highest BCUT2D eigenvalue weighted by Crippen LogP contribution is 2.39. The number of nitrogens with zero attached hydrogens (tertiary/aromatic N) is 5. The van der Waals surface area contributed by atoms with Crippen molar-refractivity contribution in [1.29, 1.82) is 0 Å². The Bertz CT molecular complexity index is 753. The summed E-state index contributed by atoms with van der Waals surface area (Å²) in [6.45, 7) is 3.32. The number of anilines is 1. The molecule has 1 saturated carbocycles. The zero-order valence-corrected chi connectivity index (χ0v) is 14.4. The summed E-state index contributed by atoms with van der Waals surface area (Å²) < 4.78 is 1.80. The first-order chi connectivity index (χ1) is 12.0. The summed E-state index contributed by atoms with van der Waals surface area (Å²) in [6, 6.07) is 4.25. The molecule has 0 radical (unpaired) electrons. The van der Waals surface area contributed by atoms with Gasteiger partial charge in [-0.1, -0.05) is 0 Å². The van der Waals surface area contributed by atoms with Gasteiger partial charge in [-0.3, -0.25) is 4.68 Å². The number of carbonyl (C=O) groups is 1. The second-order valence-electron chi connectivity index (χ2n) is 7.12. The van der Waals surface area contributed by atoms with Crippen molar-refractivity contribution in [3.63, 3.8) is 0 Å². The molecule has 0 bridgehead atoms. The zero-order chi connectivity index (χ0) is 17.6. The Balaban J connectivity index is 1.39. The molecule has 2 aromatic heterocycles. The number of amides is 1. The van der Waals surface area contributed by atoms with Gasteiger partial charge in [0.1, 0.15) is 11.5 Å². The standard InChI is InChI=1S/C17H22N6O2/c1-10-7-18-22(2)16(10)14-3-4-15(21-20-14)19-13-5-11-8-23(17(24)25)9-12(11)6-13/h3-4,7,11-13H,5-6,8-9H2,1-2H3,(H,19,21)(H,24,25)/t11-,12+,13?. The molecule has 3 atom stereocenters. The average Bonchev–Trinajstić information content (AvgIpc) is 3.22. The number of rotatable bonds is 3. The van der Waals surface area contributed by atoms with Crippen molar-refractivity contribution in [2.45, 2.75) is 25.8 Å². The van der Waals surface area contributed by atoms with E-state index >= 15 is 0 Å². The summed E-state index contributed by atoms with van der Waals surface area (Å²) >= 11 is 0. The number of hydrogen-bond donors (Lipinski definition) is 2. The van der Waals surface area contributed by atoms with E-state index in [-0.39, 0.29) is 0 Å². The maximum atomic E-state index is 11.1. The fourth-order valence-electron chi connectivity index (χ4n) is 4.23. The first kappa shape index (κ1) is 15.9. The number of likely N-dealkylation sites (tertiary alicyclic amines) is 1. The van der Waals surface area contributed by atoms with E-state index in [0.29, 0.717) is 31.0 Å². The Kier molecular flexibility index (Phi) is 3.82. The third-order valence-corrected chi connectivity index (χ3v) is 5.40. The molecule has 25 heavy (non-hydrogen) atoms. The SMILES string of the molecule is Cc1cnn(C)c1-c1ccc(NC2C[C@@H]3CN(C(=O)O)C[C@@H]3C2)nn1. The topological polar surface area (TPSA) is 96.2 Å². The minimum atomic E-state index is -0.800. The molecule has 132 valence electrons. The highest BCUT2D eigenvalue weighted by atomic mass is 16.4. The van der Waals surface area contributed by atoms with Crippen LogP contribution in [-0.4, -0.2) is 55.2 Å². The Morgan fingerprint density at radius 1 is 1.24 bits per heavy atom. The highest BCUT2D eigenvalue weighted by molar-refractivity contribution is 5.65. The number of nitrogens with one attached hydrogen (secondary N) is 1. The molecule has 2 aliphatic rings. The van der Waals surface area contributed by atoms with Crippen molar-refractivity contribution in [2.24, 2.45) is 18.9 Å². The molecular weight excluding hydrogens is 320 g/mol. The molecule has 1 saturated heterocycles. The summed E-state index contributed by atoms with van der Waals surface area (Å²) in [5.41, 5.74) is 2.86. The van der Waals surface area contributed by atoms with Gasteiger partial charge in [0, 0.05) is 26.2 Å². The maximum Gasteiger partial charge on any atom is 0.407 e. The van der Waals surface area contributed by atoms with Gasteiger partial charge in [0.25, 0.3) is 0 Å².